The van der Waals surface area contributed by atoms with Gasteiger partial charge in [0.2, 0.25) is 0 Å². The number of benzene rings is 2. The smallest absolute Gasteiger partial charge is 0.122 e. The lowest BCUT2D eigenvalue weighted by Gasteiger charge is -2.29. The topological polar surface area (TPSA) is 47.3 Å². The number of nitrogens with two attached hydrogens (primary N) is 1. The molecule has 0 amide bonds. The number of hydrogen-bond acceptors (Lipinski definition) is 3. The van der Waals surface area contributed by atoms with E-state index < -0.39 is 0 Å². The zero-order chi connectivity index (χ0) is 17.3. The second-order valence-corrected chi connectivity index (χ2v) is 7.50. The molecule has 1 heterocycles. The van der Waals surface area contributed by atoms with Gasteiger partial charge in [-0.15, -0.1) is 0 Å². The Hall–Kier alpha value is -1.94. The maximum atomic E-state index is 6.07. The van der Waals surface area contributed by atoms with Crippen LogP contribution in [0.3, 0.4) is 0 Å². The van der Waals surface area contributed by atoms with Crippen molar-refractivity contribution in [2.75, 3.05) is 6.54 Å². The van der Waals surface area contributed by atoms with E-state index in [4.69, 9.17) is 10.5 Å². The molecule has 3 nitrogen and oxygen atoms in total. The van der Waals surface area contributed by atoms with Crippen molar-refractivity contribution in [2.24, 2.45) is 5.73 Å². The van der Waals surface area contributed by atoms with Crippen molar-refractivity contribution in [3.05, 3.63) is 75.5 Å². The molecule has 2 aromatic rings. The summed E-state index contributed by atoms with van der Waals surface area (Å²) in [5, 5.41) is 3.29. The molecule has 1 unspecified atom stereocenters. The standard InChI is InChI=1S/C20H23BrN2O/c1-13(2)24-18-8-7-16(9-14(18)3)20(11-19(22)23-12-20)15-5-4-6-17(21)10-15/h4-11,13,23H,12,22H2,1-3H3. The monoisotopic (exact) mass is 386 g/mol. The number of nitrogens with one attached hydrogen (secondary N) is 1. The second kappa shape index (κ2) is 6.52. The molecule has 0 fully saturated rings. The molecule has 3 N–H and O–H groups in total. The number of aryl methyl sites for hydroxylation is 1. The Bertz CT molecular complexity index is 785. The molecule has 2 aromatic carbocycles. The first-order valence-corrected chi connectivity index (χ1v) is 8.96. The lowest BCUT2D eigenvalue weighted by molar-refractivity contribution is 0.240. The normalized spacial score (nSPS) is 20.0. The van der Waals surface area contributed by atoms with Gasteiger partial charge in [-0.1, -0.05) is 40.2 Å². The predicted molar refractivity (Wildman–Crippen MR) is 102 cm³/mol. The second-order valence-electron chi connectivity index (χ2n) is 6.58. The van der Waals surface area contributed by atoms with Crippen molar-refractivity contribution in [1.82, 2.24) is 5.32 Å². The number of ether oxygens (including phenoxy) is 1. The minimum absolute atomic E-state index is 0.164. The number of halogens is 1. The summed E-state index contributed by atoms with van der Waals surface area (Å²) < 4.78 is 6.94. The van der Waals surface area contributed by atoms with Gasteiger partial charge in [0.15, 0.2) is 0 Å². The Morgan fingerprint density at radius 3 is 2.50 bits per heavy atom. The first kappa shape index (κ1) is 16.9. The van der Waals surface area contributed by atoms with E-state index in [-0.39, 0.29) is 11.5 Å². The first-order chi connectivity index (χ1) is 11.4. The van der Waals surface area contributed by atoms with E-state index >= 15 is 0 Å². The fraction of sp³-hybridized carbons (Fsp3) is 0.300. The molecule has 126 valence electrons. The van der Waals surface area contributed by atoms with Crippen molar-refractivity contribution >= 4 is 15.9 Å². The summed E-state index contributed by atoms with van der Waals surface area (Å²) in [6.07, 6.45) is 2.28. The predicted octanol–water partition coefficient (Wildman–Crippen LogP) is 4.23. The molecule has 0 spiro atoms. The molecular weight excluding hydrogens is 364 g/mol. The quantitative estimate of drug-likeness (QED) is 0.825. The summed E-state index contributed by atoms with van der Waals surface area (Å²) in [6, 6.07) is 14.8. The molecule has 1 atom stereocenters. The molecule has 0 saturated heterocycles. The van der Waals surface area contributed by atoms with Crippen LogP contribution in [0.2, 0.25) is 0 Å². The van der Waals surface area contributed by atoms with Crippen LogP contribution in [0, 0.1) is 6.92 Å². The maximum absolute atomic E-state index is 6.07. The third-order valence-electron chi connectivity index (χ3n) is 4.37. The maximum Gasteiger partial charge on any atom is 0.122 e. The fourth-order valence-electron chi connectivity index (χ4n) is 3.23. The van der Waals surface area contributed by atoms with Gasteiger partial charge in [-0.3, -0.25) is 0 Å². The van der Waals surface area contributed by atoms with Crippen LogP contribution >= 0.6 is 15.9 Å². The summed E-state index contributed by atoms with van der Waals surface area (Å²) in [6.45, 7) is 6.92. The minimum atomic E-state index is -0.269. The lowest BCUT2D eigenvalue weighted by Crippen LogP contribution is -2.31. The zero-order valence-electron chi connectivity index (χ0n) is 14.3. The van der Waals surface area contributed by atoms with E-state index in [9.17, 15) is 0 Å². The van der Waals surface area contributed by atoms with Crippen LogP contribution < -0.4 is 15.8 Å². The Kier molecular flexibility index (Phi) is 4.59. The fourth-order valence-corrected chi connectivity index (χ4v) is 3.62. The summed E-state index contributed by atoms with van der Waals surface area (Å²) in [5.74, 6) is 1.65. The van der Waals surface area contributed by atoms with E-state index in [2.05, 4.69) is 70.6 Å². The summed E-state index contributed by atoms with van der Waals surface area (Å²) in [4.78, 5) is 0. The molecule has 0 aliphatic carbocycles. The average molecular weight is 387 g/mol. The van der Waals surface area contributed by atoms with E-state index in [1.54, 1.807) is 0 Å². The van der Waals surface area contributed by atoms with Gasteiger partial charge in [-0.2, -0.15) is 0 Å². The molecule has 0 bridgehead atoms. The minimum Gasteiger partial charge on any atom is -0.491 e. The highest BCUT2D eigenvalue weighted by Crippen LogP contribution is 2.39. The Balaban J connectivity index is 2.10. The van der Waals surface area contributed by atoms with Crippen LogP contribution in [-0.4, -0.2) is 12.6 Å². The molecule has 4 heteroatoms. The number of rotatable bonds is 4. The molecule has 1 aliphatic rings. The van der Waals surface area contributed by atoms with Gasteiger partial charge in [0.1, 0.15) is 5.75 Å². The Morgan fingerprint density at radius 2 is 1.92 bits per heavy atom. The first-order valence-electron chi connectivity index (χ1n) is 8.17. The Morgan fingerprint density at radius 1 is 1.17 bits per heavy atom. The van der Waals surface area contributed by atoms with Gasteiger partial charge < -0.3 is 15.8 Å². The molecule has 0 saturated carbocycles. The van der Waals surface area contributed by atoms with Gasteiger partial charge in [-0.05, 0) is 61.7 Å². The molecule has 0 radical (unpaired) electrons. The van der Waals surface area contributed by atoms with Crippen LogP contribution in [0.15, 0.2) is 58.8 Å². The highest BCUT2D eigenvalue weighted by molar-refractivity contribution is 9.10. The summed E-state index contributed by atoms with van der Waals surface area (Å²) in [5.41, 5.74) is 9.36. The van der Waals surface area contributed by atoms with Gasteiger partial charge >= 0.3 is 0 Å². The van der Waals surface area contributed by atoms with Crippen molar-refractivity contribution in [2.45, 2.75) is 32.3 Å². The largest absolute Gasteiger partial charge is 0.491 e. The van der Waals surface area contributed by atoms with E-state index in [1.165, 1.54) is 11.1 Å². The van der Waals surface area contributed by atoms with E-state index in [0.717, 1.165) is 28.2 Å². The third-order valence-corrected chi connectivity index (χ3v) is 4.86. The molecule has 0 aromatic heterocycles. The highest BCUT2D eigenvalue weighted by Gasteiger charge is 2.36. The lowest BCUT2D eigenvalue weighted by atomic mass is 9.75. The van der Waals surface area contributed by atoms with Crippen LogP contribution in [0.1, 0.15) is 30.5 Å². The third kappa shape index (κ3) is 3.16. The average Bonchev–Trinajstić information content (AvgIpc) is 2.92. The highest BCUT2D eigenvalue weighted by atomic mass is 79.9. The van der Waals surface area contributed by atoms with Crippen molar-refractivity contribution < 1.29 is 4.74 Å². The molecule has 3 rings (SSSR count). The Labute approximate surface area is 152 Å². The van der Waals surface area contributed by atoms with Crippen LogP contribution in [-0.2, 0) is 5.41 Å². The van der Waals surface area contributed by atoms with Crippen molar-refractivity contribution in [3.8, 4) is 5.75 Å². The van der Waals surface area contributed by atoms with E-state index in [0.29, 0.717) is 0 Å². The van der Waals surface area contributed by atoms with Gasteiger partial charge in [-0.25, -0.2) is 0 Å². The van der Waals surface area contributed by atoms with Gasteiger partial charge in [0.05, 0.1) is 17.3 Å². The SMILES string of the molecule is Cc1cc(C2(c3cccc(Br)c3)C=C(N)NC2)ccc1OC(C)C. The molecule has 24 heavy (non-hydrogen) atoms. The number of hydrogen-bond donors (Lipinski definition) is 2. The molecular formula is C20H23BrN2O. The van der Waals surface area contributed by atoms with Crippen molar-refractivity contribution in [1.29, 1.82) is 0 Å². The van der Waals surface area contributed by atoms with Crippen LogP contribution in [0.4, 0.5) is 0 Å². The summed E-state index contributed by atoms with van der Waals surface area (Å²) >= 11 is 3.58. The van der Waals surface area contributed by atoms with Gasteiger partial charge in [0, 0.05) is 11.0 Å². The van der Waals surface area contributed by atoms with E-state index in [1.807, 2.05) is 19.9 Å². The zero-order valence-corrected chi connectivity index (χ0v) is 15.9. The van der Waals surface area contributed by atoms with Crippen LogP contribution in [0.5, 0.6) is 5.75 Å². The summed E-state index contributed by atoms with van der Waals surface area (Å²) in [7, 11) is 0. The van der Waals surface area contributed by atoms with Gasteiger partial charge in [0.25, 0.3) is 0 Å². The van der Waals surface area contributed by atoms with Crippen molar-refractivity contribution in [3.63, 3.8) is 0 Å². The van der Waals surface area contributed by atoms with Crippen LogP contribution in [0.25, 0.3) is 0 Å². The molecule has 1 aliphatic heterocycles.